The maximum atomic E-state index is 14.6. The minimum Gasteiger partial charge on any atom is -0.334 e. The SMILES string of the molecule is CC12CCC(C(=O)N(Cc3ccccc3)Cc3ccccc3)(CC1=NOC(=O)c1ccccc1Br)C2(C)C. The maximum absolute atomic E-state index is 14.6. The van der Waals surface area contributed by atoms with E-state index < -0.39 is 11.4 Å². The van der Waals surface area contributed by atoms with Gasteiger partial charge in [-0.1, -0.05) is 98.7 Å². The highest BCUT2D eigenvalue weighted by atomic mass is 79.9. The molecule has 2 aliphatic rings. The fraction of sp³-hybridized carbons (Fsp3) is 0.344. The van der Waals surface area contributed by atoms with Gasteiger partial charge in [0.1, 0.15) is 0 Å². The number of fused-ring (bicyclic) bond motifs is 2. The molecule has 0 aromatic heterocycles. The molecule has 0 saturated heterocycles. The molecule has 5 rings (SSSR count). The Morgan fingerprint density at radius 3 is 1.97 bits per heavy atom. The zero-order valence-electron chi connectivity index (χ0n) is 22.1. The molecular weight excluding hydrogens is 540 g/mol. The Labute approximate surface area is 233 Å². The molecule has 2 aliphatic carbocycles. The second-order valence-electron chi connectivity index (χ2n) is 11.2. The molecule has 6 heteroatoms. The highest BCUT2D eigenvalue weighted by Crippen LogP contribution is 2.71. The van der Waals surface area contributed by atoms with Crippen LogP contribution in [-0.2, 0) is 22.7 Å². The Kier molecular flexibility index (Phi) is 7.03. The number of oxime groups is 1. The van der Waals surface area contributed by atoms with E-state index in [-0.39, 0.29) is 16.7 Å². The van der Waals surface area contributed by atoms with Crippen molar-refractivity contribution in [3.63, 3.8) is 0 Å². The molecule has 196 valence electrons. The van der Waals surface area contributed by atoms with E-state index in [0.717, 1.165) is 29.7 Å². The summed E-state index contributed by atoms with van der Waals surface area (Å²) in [7, 11) is 0. The molecule has 0 N–H and O–H groups in total. The number of hydrogen-bond acceptors (Lipinski definition) is 4. The standard InChI is InChI=1S/C32H33BrN2O3/c1-30(2)31(3)18-19-32(30,20-27(31)34-38-28(36)25-16-10-11-17-26(25)33)29(37)35(21-23-12-6-4-7-13-23)22-24-14-8-5-9-15-24/h4-17H,18-22H2,1-3H3. The summed E-state index contributed by atoms with van der Waals surface area (Å²) in [5.41, 5.74) is 2.09. The molecule has 2 atom stereocenters. The number of amides is 1. The van der Waals surface area contributed by atoms with Crippen LogP contribution in [0.2, 0.25) is 0 Å². The lowest BCUT2D eigenvalue weighted by atomic mass is 9.64. The zero-order chi connectivity index (χ0) is 27.0. The van der Waals surface area contributed by atoms with E-state index in [1.54, 1.807) is 18.2 Å². The van der Waals surface area contributed by atoms with Crippen LogP contribution in [0.1, 0.15) is 61.5 Å². The lowest BCUT2D eigenvalue weighted by Gasteiger charge is -2.42. The fourth-order valence-corrected chi connectivity index (χ4v) is 6.82. The van der Waals surface area contributed by atoms with E-state index in [2.05, 4.69) is 66.1 Å². The highest BCUT2D eigenvalue weighted by molar-refractivity contribution is 9.10. The Balaban J connectivity index is 1.46. The number of carbonyl (C=O) groups is 2. The molecule has 2 fully saturated rings. The molecule has 3 aromatic carbocycles. The molecular formula is C32H33BrN2O3. The Morgan fingerprint density at radius 1 is 0.842 bits per heavy atom. The van der Waals surface area contributed by atoms with Crippen LogP contribution in [0.4, 0.5) is 0 Å². The lowest BCUT2D eigenvalue weighted by molar-refractivity contribution is -0.148. The quantitative estimate of drug-likeness (QED) is 0.219. The van der Waals surface area contributed by atoms with Crippen molar-refractivity contribution in [3.05, 3.63) is 106 Å². The zero-order valence-corrected chi connectivity index (χ0v) is 23.7. The van der Waals surface area contributed by atoms with Gasteiger partial charge in [0, 0.05) is 29.4 Å². The first kappa shape index (κ1) is 26.4. The van der Waals surface area contributed by atoms with Crippen LogP contribution in [0, 0.1) is 16.2 Å². The summed E-state index contributed by atoms with van der Waals surface area (Å²) >= 11 is 3.41. The molecule has 2 unspecified atom stereocenters. The normalized spacial score (nSPS) is 24.4. The Hall–Kier alpha value is -3.25. The Morgan fingerprint density at radius 2 is 1.39 bits per heavy atom. The number of rotatable bonds is 7. The van der Waals surface area contributed by atoms with Gasteiger partial charge in [-0.25, -0.2) is 4.79 Å². The number of halogens is 1. The smallest absolute Gasteiger partial charge is 0.334 e. The number of benzene rings is 3. The van der Waals surface area contributed by atoms with E-state index in [9.17, 15) is 9.59 Å². The van der Waals surface area contributed by atoms with E-state index in [0.29, 0.717) is 29.5 Å². The van der Waals surface area contributed by atoms with Gasteiger partial charge in [0.15, 0.2) is 0 Å². The minimum absolute atomic E-state index is 0.140. The van der Waals surface area contributed by atoms with Gasteiger partial charge < -0.3 is 9.74 Å². The summed E-state index contributed by atoms with van der Waals surface area (Å²) in [5.74, 6) is -0.370. The summed E-state index contributed by atoms with van der Waals surface area (Å²) < 4.78 is 0.661. The first-order valence-corrected chi connectivity index (χ1v) is 13.9. The van der Waals surface area contributed by atoms with Crippen molar-refractivity contribution < 1.29 is 14.4 Å². The van der Waals surface area contributed by atoms with E-state index >= 15 is 0 Å². The molecule has 0 spiro atoms. The van der Waals surface area contributed by atoms with Crippen LogP contribution >= 0.6 is 15.9 Å². The van der Waals surface area contributed by atoms with Gasteiger partial charge >= 0.3 is 5.97 Å². The van der Waals surface area contributed by atoms with E-state index in [4.69, 9.17) is 4.84 Å². The maximum Gasteiger partial charge on any atom is 0.366 e. The summed E-state index contributed by atoms with van der Waals surface area (Å²) in [6.45, 7) is 7.59. The largest absolute Gasteiger partial charge is 0.366 e. The summed E-state index contributed by atoms with van der Waals surface area (Å²) in [4.78, 5) is 34.9. The minimum atomic E-state index is -0.621. The topological polar surface area (TPSA) is 59.0 Å². The molecule has 1 amide bonds. The van der Waals surface area contributed by atoms with Gasteiger partial charge in [0.2, 0.25) is 5.91 Å². The van der Waals surface area contributed by atoms with Gasteiger partial charge in [-0.05, 0) is 57.4 Å². The van der Waals surface area contributed by atoms with Gasteiger partial charge in [-0.2, -0.15) is 0 Å². The molecule has 0 aliphatic heterocycles. The van der Waals surface area contributed by atoms with Gasteiger partial charge in [0.25, 0.3) is 0 Å². The molecule has 0 radical (unpaired) electrons. The first-order valence-electron chi connectivity index (χ1n) is 13.1. The van der Waals surface area contributed by atoms with Crippen molar-refractivity contribution in [2.75, 3.05) is 0 Å². The number of nitrogens with zero attached hydrogens (tertiary/aromatic N) is 2. The molecule has 5 nitrogen and oxygen atoms in total. The van der Waals surface area contributed by atoms with Crippen LogP contribution in [0.15, 0.2) is 94.6 Å². The second kappa shape index (κ2) is 10.1. The third-order valence-corrected chi connectivity index (χ3v) is 9.89. The highest BCUT2D eigenvalue weighted by Gasteiger charge is 2.72. The van der Waals surface area contributed by atoms with E-state index in [1.807, 2.05) is 47.4 Å². The first-order chi connectivity index (χ1) is 18.2. The van der Waals surface area contributed by atoms with Crippen LogP contribution < -0.4 is 0 Å². The van der Waals surface area contributed by atoms with Crippen molar-refractivity contribution >= 4 is 33.5 Å². The Bertz CT molecular complexity index is 1330. The van der Waals surface area contributed by atoms with Gasteiger partial charge in [-0.3, -0.25) is 4.79 Å². The van der Waals surface area contributed by atoms with Gasteiger partial charge in [-0.15, -0.1) is 0 Å². The van der Waals surface area contributed by atoms with Crippen molar-refractivity contribution in [3.8, 4) is 0 Å². The summed E-state index contributed by atoms with van der Waals surface area (Å²) in [6.07, 6.45) is 2.09. The van der Waals surface area contributed by atoms with E-state index in [1.165, 1.54) is 0 Å². The predicted molar refractivity (Wildman–Crippen MR) is 152 cm³/mol. The summed E-state index contributed by atoms with van der Waals surface area (Å²) in [6, 6.07) is 27.4. The third-order valence-electron chi connectivity index (χ3n) is 9.20. The van der Waals surface area contributed by atoms with Crippen molar-refractivity contribution in [1.82, 2.24) is 4.90 Å². The average molecular weight is 574 g/mol. The van der Waals surface area contributed by atoms with Crippen LogP contribution in [0.3, 0.4) is 0 Å². The molecule has 0 heterocycles. The number of carbonyl (C=O) groups excluding carboxylic acids is 2. The van der Waals surface area contributed by atoms with Crippen LogP contribution in [0.5, 0.6) is 0 Å². The van der Waals surface area contributed by atoms with Gasteiger partial charge in [0.05, 0.1) is 16.7 Å². The van der Waals surface area contributed by atoms with Crippen molar-refractivity contribution in [2.45, 2.75) is 53.1 Å². The molecule has 2 bridgehead atoms. The van der Waals surface area contributed by atoms with Crippen molar-refractivity contribution in [2.24, 2.45) is 21.4 Å². The molecule has 3 aromatic rings. The predicted octanol–water partition coefficient (Wildman–Crippen LogP) is 7.41. The average Bonchev–Trinajstić information content (AvgIpc) is 3.23. The molecule has 2 saturated carbocycles. The third kappa shape index (κ3) is 4.39. The van der Waals surface area contributed by atoms with Crippen molar-refractivity contribution in [1.29, 1.82) is 0 Å². The van der Waals surface area contributed by atoms with Crippen LogP contribution in [0.25, 0.3) is 0 Å². The van der Waals surface area contributed by atoms with Crippen LogP contribution in [-0.4, -0.2) is 22.5 Å². The summed E-state index contributed by atoms with van der Waals surface area (Å²) in [5, 5.41) is 4.42. The number of hydrogen-bond donors (Lipinski definition) is 0. The second-order valence-corrected chi connectivity index (χ2v) is 12.1. The monoisotopic (exact) mass is 572 g/mol. The molecule has 38 heavy (non-hydrogen) atoms. The fourth-order valence-electron chi connectivity index (χ4n) is 6.38. The lowest BCUT2D eigenvalue weighted by Crippen LogP contribution is -2.48.